The highest BCUT2D eigenvalue weighted by Gasteiger charge is 2.29. The van der Waals surface area contributed by atoms with Crippen molar-refractivity contribution >= 4 is 29.0 Å². The van der Waals surface area contributed by atoms with Gasteiger partial charge in [0.25, 0.3) is 5.91 Å². The summed E-state index contributed by atoms with van der Waals surface area (Å²) in [5.74, 6) is 0.00646. The molecule has 0 spiro atoms. The first-order chi connectivity index (χ1) is 15.1. The first kappa shape index (κ1) is 20.5. The van der Waals surface area contributed by atoms with Crippen LogP contribution in [0.25, 0.3) is 11.1 Å². The van der Waals surface area contributed by atoms with Gasteiger partial charge in [-0.15, -0.1) is 0 Å². The summed E-state index contributed by atoms with van der Waals surface area (Å²) >= 11 is 0. The first-order valence-electron chi connectivity index (χ1n) is 10.1. The first-order valence-corrected chi connectivity index (χ1v) is 10.1. The minimum atomic E-state index is -0.441. The Morgan fingerprint density at radius 3 is 2.58 bits per heavy atom. The van der Waals surface area contributed by atoms with Crippen molar-refractivity contribution in [2.24, 2.45) is 5.92 Å². The molecular weight excluding hydrogens is 396 g/mol. The summed E-state index contributed by atoms with van der Waals surface area (Å²) in [5.41, 5.74) is 3.44. The number of benzene rings is 1. The molecule has 0 aliphatic heterocycles. The topological polar surface area (TPSA) is 96.0 Å². The van der Waals surface area contributed by atoms with E-state index in [0.29, 0.717) is 17.1 Å². The Kier molecular flexibility index (Phi) is 6.16. The highest BCUT2D eigenvalue weighted by Crippen LogP contribution is 2.30. The molecule has 1 aliphatic carbocycles. The molecule has 2 heterocycles. The molecule has 0 radical (unpaired) electrons. The summed E-state index contributed by atoms with van der Waals surface area (Å²) in [7, 11) is 0. The van der Waals surface area contributed by atoms with Crippen LogP contribution in [0.3, 0.4) is 0 Å². The molecule has 31 heavy (non-hydrogen) atoms. The van der Waals surface area contributed by atoms with Crippen LogP contribution in [0.4, 0.5) is 21.6 Å². The van der Waals surface area contributed by atoms with Gasteiger partial charge in [-0.2, -0.15) is 0 Å². The van der Waals surface area contributed by atoms with Crippen molar-refractivity contribution in [3.8, 4) is 11.1 Å². The summed E-state index contributed by atoms with van der Waals surface area (Å²) in [5, 5.41) is 8.61. The second-order valence-corrected chi connectivity index (χ2v) is 7.26. The Labute approximate surface area is 179 Å². The molecule has 4 rings (SSSR count). The van der Waals surface area contributed by atoms with E-state index >= 15 is 0 Å². The lowest BCUT2D eigenvalue weighted by Gasteiger charge is -2.12. The van der Waals surface area contributed by atoms with E-state index in [2.05, 4.69) is 25.9 Å². The minimum Gasteiger partial charge on any atom is -0.382 e. The van der Waals surface area contributed by atoms with Crippen molar-refractivity contribution in [1.82, 2.24) is 9.97 Å². The van der Waals surface area contributed by atoms with E-state index in [9.17, 15) is 14.0 Å². The Hall–Kier alpha value is -3.81. The van der Waals surface area contributed by atoms with Crippen molar-refractivity contribution in [2.45, 2.75) is 12.8 Å². The molecule has 1 fully saturated rings. The van der Waals surface area contributed by atoms with Crippen LogP contribution in [-0.2, 0) is 4.79 Å². The number of pyridine rings is 2. The van der Waals surface area contributed by atoms with Crippen LogP contribution >= 0.6 is 0 Å². The van der Waals surface area contributed by atoms with Gasteiger partial charge in [0.05, 0.1) is 11.9 Å². The molecular formula is C23H22FN5O2. The SMILES string of the molecule is O=C(Nc1cnccc1-c1ccc(NCC[18F])cc1)c1ccnc(NC(=O)C2CC2)c1. The Balaban J connectivity index is 1.49. The molecule has 3 aromatic rings. The summed E-state index contributed by atoms with van der Waals surface area (Å²) in [6.07, 6.45) is 6.51. The van der Waals surface area contributed by atoms with Crippen LogP contribution in [0.2, 0.25) is 0 Å². The lowest BCUT2D eigenvalue weighted by Crippen LogP contribution is -2.16. The van der Waals surface area contributed by atoms with Crippen LogP contribution in [0, 0.1) is 5.92 Å². The molecule has 2 amide bonds. The van der Waals surface area contributed by atoms with E-state index in [-0.39, 0.29) is 24.3 Å². The lowest BCUT2D eigenvalue weighted by atomic mass is 10.0. The number of aromatic nitrogens is 2. The van der Waals surface area contributed by atoms with E-state index in [1.54, 1.807) is 24.5 Å². The number of rotatable bonds is 8. The van der Waals surface area contributed by atoms with E-state index in [1.807, 2.05) is 30.3 Å². The second kappa shape index (κ2) is 9.34. The third kappa shape index (κ3) is 5.22. The lowest BCUT2D eigenvalue weighted by molar-refractivity contribution is -0.117. The highest BCUT2D eigenvalue weighted by molar-refractivity contribution is 6.07. The average molecular weight is 418 g/mol. The predicted octanol–water partition coefficient (Wildman–Crippen LogP) is 4.13. The fourth-order valence-corrected chi connectivity index (χ4v) is 3.11. The van der Waals surface area contributed by atoms with Crippen LogP contribution in [-0.4, -0.2) is 35.0 Å². The number of alkyl halides is 1. The van der Waals surface area contributed by atoms with Gasteiger partial charge >= 0.3 is 0 Å². The van der Waals surface area contributed by atoms with Crippen molar-refractivity contribution in [3.05, 3.63) is 66.6 Å². The zero-order chi connectivity index (χ0) is 21.6. The van der Waals surface area contributed by atoms with Crippen molar-refractivity contribution in [2.75, 3.05) is 29.2 Å². The van der Waals surface area contributed by atoms with Gasteiger partial charge < -0.3 is 16.0 Å². The summed E-state index contributed by atoms with van der Waals surface area (Å²) < 4.78 is 12.3. The van der Waals surface area contributed by atoms with Gasteiger partial charge in [0.15, 0.2) is 0 Å². The van der Waals surface area contributed by atoms with Gasteiger partial charge in [-0.3, -0.25) is 14.6 Å². The molecule has 0 saturated heterocycles. The monoisotopic (exact) mass is 418 g/mol. The van der Waals surface area contributed by atoms with Gasteiger partial charge in [-0.05, 0) is 48.7 Å². The summed E-state index contributed by atoms with van der Waals surface area (Å²) in [6, 6.07) is 12.4. The molecule has 1 saturated carbocycles. The molecule has 0 bridgehead atoms. The van der Waals surface area contributed by atoms with E-state index in [4.69, 9.17) is 0 Å². The molecule has 158 valence electrons. The number of nitrogens with one attached hydrogen (secondary N) is 3. The fourth-order valence-electron chi connectivity index (χ4n) is 3.11. The number of hydrogen-bond acceptors (Lipinski definition) is 5. The van der Waals surface area contributed by atoms with Gasteiger partial charge in [-0.25, -0.2) is 9.37 Å². The predicted molar refractivity (Wildman–Crippen MR) is 118 cm³/mol. The molecule has 1 aliphatic rings. The zero-order valence-corrected chi connectivity index (χ0v) is 16.8. The van der Waals surface area contributed by atoms with E-state index in [1.165, 1.54) is 6.20 Å². The molecule has 1 aromatic carbocycles. The third-order valence-corrected chi connectivity index (χ3v) is 4.91. The Morgan fingerprint density at radius 1 is 1.03 bits per heavy atom. The highest BCUT2D eigenvalue weighted by atomic mass is 18.2. The molecule has 7 nitrogen and oxygen atoms in total. The van der Waals surface area contributed by atoms with Gasteiger partial charge in [0.1, 0.15) is 12.5 Å². The maximum absolute atomic E-state index is 12.8. The third-order valence-electron chi connectivity index (χ3n) is 4.91. The van der Waals surface area contributed by atoms with Crippen molar-refractivity contribution in [3.63, 3.8) is 0 Å². The molecule has 8 heteroatoms. The fraction of sp³-hybridized carbons (Fsp3) is 0.217. The smallest absolute Gasteiger partial charge is 0.255 e. The van der Waals surface area contributed by atoms with Crippen LogP contribution in [0.1, 0.15) is 23.2 Å². The molecule has 0 unspecified atom stereocenters. The number of hydrogen-bond donors (Lipinski definition) is 3. The standard InChI is InChI=1S/C23H22FN5O2/c24-9-12-26-18-5-3-15(4-6-18)19-8-10-25-14-20(19)28-23(31)17-7-11-27-21(13-17)29-22(30)16-1-2-16/h3-8,10-11,13-14,16,26H,1-2,9,12H2,(H,28,31)(H,27,29,30)/i24-1. The quantitative estimate of drug-likeness (QED) is 0.511. The van der Waals surface area contributed by atoms with Gasteiger partial charge in [-0.1, -0.05) is 12.1 Å². The van der Waals surface area contributed by atoms with Crippen molar-refractivity contribution in [1.29, 1.82) is 0 Å². The average Bonchev–Trinajstić information content (AvgIpc) is 3.64. The number of halogens is 1. The number of carbonyl (C=O) groups is 2. The normalized spacial score (nSPS) is 12.8. The van der Waals surface area contributed by atoms with E-state index in [0.717, 1.165) is 29.7 Å². The van der Waals surface area contributed by atoms with E-state index < -0.39 is 6.67 Å². The summed E-state index contributed by atoms with van der Waals surface area (Å²) in [6.45, 7) is -0.186. The van der Waals surface area contributed by atoms with Gasteiger partial charge in [0, 0.05) is 41.7 Å². The van der Waals surface area contributed by atoms with Gasteiger partial charge in [0.2, 0.25) is 5.91 Å². The Morgan fingerprint density at radius 2 is 1.84 bits per heavy atom. The maximum atomic E-state index is 12.8. The number of amides is 2. The zero-order valence-electron chi connectivity index (χ0n) is 16.8. The van der Waals surface area contributed by atoms with Crippen LogP contribution < -0.4 is 16.0 Å². The maximum Gasteiger partial charge on any atom is 0.255 e. The van der Waals surface area contributed by atoms with Crippen LogP contribution in [0.5, 0.6) is 0 Å². The Bertz CT molecular complexity index is 1080. The van der Waals surface area contributed by atoms with Crippen LogP contribution in [0.15, 0.2) is 61.1 Å². The number of carbonyl (C=O) groups excluding carboxylic acids is 2. The second-order valence-electron chi connectivity index (χ2n) is 7.26. The van der Waals surface area contributed by atoms with Crippen molar-refractivity contribution < 1.29 is 14.0 Å². The molecule has 3 N–H and O–H groups in total. The largest absolute Gasteiger partial charge is 0.382 e. The molecule has 2 aromatic heterocycles. The molecule has 0 atom stereocenters. The minimum absolute atomic E-state index is 0.0517. The summed E-state index contributed by atoms with van der Waals surface area (Å²) in [4.78, 5) is 33.0. The number of anilines is 3. The number of nitrogens with zero attached hydrogens (tertiary/aromatic N) is 2.